The van der Waals surface area contributed by atoms with E-state index in [1.807, 2.05) is 0 Å². The van der Waals surface area contributed by atoms with Gasteiger partial charge in [0.25, 0.3) is 0 Å². The molecule has 4 nitrogen and oxygen atoms in total. The molecule has 0 aliphatic carbocycles. The molecule has 0 N–H and O–H groups in total. The zero-order valence-electron chi connectivity index (χ0n) is 5.65. The van der Waals surface area contributed by atoms with E-state index in [1.165, 1.54) is 12.3 Å². The molecule has 0 spiro atoms. The van der Waals surface area contributed by atoms with Gasteiger partial charge in [0.05, 0.1) is 6.26 Å². The van der Waals surface area contributed by atoms with E-state index in [9.17, 15) is 9.59 Å². The monoisotopic (exact) mass is 154 g/mol. The van der Waals surface area contributed by atoms with Gasteiger partial charge in [-0.25, -0.2) is 9.59 Å². The Balaban J connectivity index is 2.66. The van der Waals surface area contributed by atoms with Gasteiger partial charge < -0.3 is 9.47 Å². The Morgan fingerprint density at radius 1 is 1.18 bits per heavy atom. The quantitative estimate of drug-likeness (QED) is 0.466. The topological polar surface area (TPSA) is 52.6 Å². The summed E-state index contributed by atoms with van der Waals surface area (Å²) in [7, 11) is 0. The maximum Gasteiger partial charge on any atom is 0.335 e. The lowest BCUT2D eigenvalue weighted by Crippen LogP contribution is -1.99. The first-order valence-corrected chi connectivity index (χ1v) is 2.99. The molecule has 0 aromatic carbocycles. The number of cyclic esters (lactones) is 2. The number of hydrogen-bond acceptors (Lipinski definition) is 4. The molecular formula is C7H6O4. The van der Waals surface area contributed by atoms with Crippen LogP contribution in [-0.2, 0) is 19.1 Å². The summed E-state index contributed by atoms with van der Waals surface area (Å²) in [6.45, 7) is 0.121. The number of ether oxygens (including phenoxy) is 2. The van der Waals surface area contributed by atoms with Crippen molar-refractivity contribution in [2.45, 2.75) is 0 Å². The first-order valence-electron chi connectivity index (χ1n) is 2.99. The minimum atomic E-state index is -0.583. The highest BCUT2D eigenvalue weighted by Crippen LogP contribution is 1.90. The van der Waals surface area contributed by atoms with Crippen molar-refractivity contribution in [2.24, 2.45) is 0 Å². The largest absolute Gasteiger partial charge is 0.458 e. The second-order valence-electron chi connectivity index (χ2n) is 1.77. The van der Waals surface area contributed by atoms with Crippen LogP contribution in [0.4, 0.5) is 0 Å². The van der Waals surface area contributed by atoms with Gasteiger partial charge in [0.2, 0.25) is 0 Å². The van der Waals surface area contributed by atoms with Gasteiger partial charge >= 0.3 is 11.9 Å². The number of carbonyl (C=O) groups is 2. The van der Waals surface area contributed by atoms with Gasteiger partial charge in [-0.3, -0.25) is 0 Å². The van der Waals surface area contributed by atoms with Crippen LogP contribution in [0.5, 0.6) is 0 Å². The molecule has 1 aliphatic heterocycles. The first-order chi connectivity index (χ1) is 5.29. The SMILES string of the molecule is O=C1/C=C\C(=O)OC/C=C\O1. The number of rotatable bonds is 0. The Bertz CT molecular complexity index is 227. The molecule has 0 amide bonds. The van der Waals surface area contributed by atoms with Crippen molar-refractivity contribution in [1.29, 1.82) is 0 Å². The second-order valence-corrected chi connectivity index (χ2v) is 1.77. The normalized spacial score (nSPS) is 23.6. The molecule has 58 valence electrons. The summed E-state index contributed by atoms with van der Waals surface area (Å²) in [6.07, 6.45) is 4.65. The van der Waals surface area contributed by atoms with Gasteiger partial charge in [-0.05, 0) is 6.08 Å². The molecule has 0 saturated carbocycles. The lowest BCUT2D eigenvalue weighted by Gasteiger charge is -1.92. The van der Waals surface area contributed by atoms with E-state index in [0.717, 1.165) is 12.2 Å². The molecule has 0 radical (unpaired) electrons. The van der Waals surface area contributed by atoms with Crippen molar-refractivity contribution < 1.29 is 19.1 Å². The van der Waals surface area contributed by atoms with Gasteiger partial charge in [0.15, 0.2) is 0 Å². The predicted octanol–water partition coefficient (Wildman–Crippen LogP) is 0.156. The van der Waals surface area contributed by atoms with Crippen molar-refractivity contribution in [3.63, 3.8) is 0 Å². The fourth-order valence-electron chi connectivity index (χ4n) is 0.508. The summed E-state index contributed by atoms with van der Waals surface area (Å²) in [5.41, 5.74) is 0. The summed E-state index contributed by atoms with van der Waals surface area (Å²) in [6, 6.07) is 0. The fourth-order valence-corrected chi connectivity index (χ4v) is 0.508. The van der Waals surface area contributed by atoms with Crippen LogP contribution in [0.25, 0.3) is 0 Å². The average molecular weight is 154 g/mol. The molecule has 1 aliphatic rings. The van der Waals surface area contributed by atoms with Gasteiger partial charge in [-0.1, -0.05) is 0 Å². The third-order valence-corrected chi connectivity index (χ3v) is 0.958. The summed E-state index contributed by atoms with van der Waals surface area (Å²) in [5, 5.41) is 0. The maximum atomic E-state index is 10.6. The van der Waals surface area contributed by atoms with E-state index in [0.29, 0.717) is 0 Å². The molecule has 1 heterocycles. The van der Waals surface area contributed by atoms with Crippen molar-refractivity contribution >= 4 is 11.9 Å². The van der Waals surface area contributed by atoms with Crippen LogP contribution in [0.3, 0.4) is 0 Å². The van der Waals surface area contributed by atoms with Gasteiger partial charge in [0.1, 0.15) is 6.61 Å². The highest BCUT2D eigenvalue weighted by atomic mass is 16.5. The smallest absolute Gasteiger partial charge is 0.335 e. The molecule has 0 aromatic heterocycles. The standard InChI is InChI=1S/C7H6O4/c8-6-2-3-7(9)11-5-1-4-10-6/h1-4H,5H2/b3-2-,4-1-. The van der Waals surface area contributed by atoms with Crippen molar-refractivity contribution in [3.05, 3.63) is 24.5 Å². The first kappa shape index (κ1) is 7.53. The van der Waals surface area contributed by atoms with Crippen molar-refractivity contribution in [2.75, 3.05) is 6.61 Å². The van der Waals surface area contributed by atoms with Crippen LogP contribution in [-0.4, -0.2) is 18.5 Å². The zero-order valence-corrected chi connectivity index (χ0v) is 5.65. The Labute approximate surface area is 63.1 Å². The molecule has 1 rings (SSSR count). The summed E-state index contributed by atoms with van der Waals surface area (Å²) in [4.78, 5) is 21.1. The van der Waals surface area contributed by atoms with Crippen LogP contribution < -0.4 is 0 Å². The van der Waals surface area contributed by atoms with Crippen LogP contribution in [0.15, 0.2) is 24.5 Å². The van der Waals surface area contributed by atoms with Gasteiger partial charge in [-0.15, -0.1) is 0 Å². The van der Waals surface area contributed by atoms with Crippen molar-refractivity contribution in [1.82, 2.24) is 0 Å². The summed E-state index contributed by atoms with van der Waals surface area (Å²) < 4.78 is 9.04. The Kier molecular flexibility index (Phi) is 2.43. The molecule has 0 bridgehead atoms. The molecule has 0 saturated heterocycles. The lowest BCUT2D eigenvalue weighted by atomic mass is 10.5. The highest BCUT2D eigenvalue weighted by molar-refractivity contribution is 5.92. The molecule has 0 fully saturated rings. The third kappa shape index (κ3) is 2.66. The van der Waals surface area contributed by atoms with Crippen molar-refractivity contribution in [3.8, 4) is 0 Å². The number of carbonyl (C=O) groups excluding carboxylic acids is 2. The molecular weight excluding hydrogens is 148 g/mol. The van der Waals surface area contributed by atoms with Crippen LogP contribution >= 0.6 is 0 Å². The Hall–Kier alpha value is -1.58. The number of hydrogen-bond donors (Lipinski definition) is 0. The van der Waals surface area contributed by atoms with Crippen LogP contribution in [0.1, 0.15) is 0 Å². The molecule has 4 heteroatoms. The third-order valence-electron chi connectivity index (χ3n) is 0.958. The average Bonchev–Trinajstić information content (AvgIpc) is 2.06. The molecule has 11 heavy (non-hydrogen) atoms. The van der Waals surface area contributed by atoms with E-state index in [1.54, 1.807) is 0 Å². The summed E-state index contributed by atoms with van der Waals surface area (Å²) in [5.74, 6) is -1.13. The Morgan fingerprint density at radius 2 is 1.91 bits per heavy atom. The fraction of sp³-hybridized carbons (Fsp3) is 0.143. The van der Waals surface area contributed by atoms with Crippen LogP contribution in [0, 0.1) is 0 Å². The lowest BCUT2D eigenvalue weighted by molar-refractivity contribution is -0.137. The molecule has 0 atom stereocenters. The maximum absolute atomic E-state index is 10.6. The minimum Gasteiger partial charge on any atom is -0.458 e. The second kappa shape index (κ2) is 3.55. The molecule has 0 unspecified atom stereocenters. The van der Waals surface area contributed by atoms with Gasteiger partial charge in [-0.2, -0.15) is 0 Å². The van der Waals surface area contributed by atoms with E-state index in [2.05, 4.69) is 9.47 Å². The molecule has 0 aromatic rings. The van der Waals surface area contributed by atoms with E-state index in [-0.39, 0.29) is 6.61 Å². The summed E-state index contributed by atoms with van der Waals surface area (Å²) >= 11 is 0. The number of esters is 2. The zero-order chi connectivity index (χ0) is 8.10. The highest BCUT2D eigenvalue weighted by Gasteiger charge is 2.00. The predicted molar refractivity (Wildman–Crippen MR) is 35.3 cm³/mol. The van der Waals surface area contributed by atoms with E-state index < -0.39 is 11.9 Å². The Morgan fingerprint density at radius 3 is 2.73 bits per heavy atom. The van der Waals surface area contributed by atoms with Gasteiger partial charge in [0, 0.05) is 12.2 Å². The van der Waals surface area contributed by atoms with E-state index >= 15 is 0 Å². The van der Waals surface area contributed by atoms with Crippen LogP contribution in [0.2, 0.25) is 0 Å². The van der Waals surface area contributed by atoms with E-state index in [4.69, 9.17) is 0 Å². The minimum absolute atomic E-state index is 0.121.